The van der Waals surface area contributed by atoms with E-state index >= 15 is 0 Å². The molecule has 0 saturated carbocycles. The van der Waals surface area contributed by atoms with E-state index in [-0.39, 0.29) is 0 Å². The van der Waals surface area contributed by atoms with Gasteiger partial charge in [0.15, 0.2) is 0 Å². The van der Waals surface area contributed by atoms with Crippen LogP contribution in [0.4, 0.5) is 39.5 Å². The molecule has 5 rings (SSSR count). The maximum atomic E-state index is 14.2. The number of alkyl halides is 9. The Morgan fingerprint density at radius 2 is 0.852 bits per heavy atom. The van der Waals surface area contributed by atoms with Gasteiger partial charge in [-0.15, -0.1) is 0 Å². The number of hydrogen-bond donors (Lipinski definition) is 0. The summed E-state index contributed by atoms with van der Waals surface area (Å²) in [6.45, 7) is -4.88. The van der Waals surface area contributed by atoms with Crippen LogP contribution in [0.3, 0.4) is 0 Å². The molecule has 3 aliphatic rings. The molecular weight excluding hydrogens is 990 g/mol. The Hall–Kier alpha value is 0.380. The molecule has 2 aromatic carbocycles. The van der Waals surface area contributed by atoms with Crippen LogP contribution in [0.5, 0.6) is 23.0 Å². The minimum atomic E-state index is -6.17. The van der Waals surface area contributed by atoms with Gasteiger partial charge in [0.1, 0.15) is 0 Å². The number of halogens is 17. The van der Waals surface area contributed by atoms with Gasteiger partial charge in [-0.1, -0.05) is 0 Å². The van der Waals surface area contributed by atoms with Crippen molar-refractivity contribution in [2.75, 3.05) is 39.5 Å². The summed E-state index contributed by atoms with van der Waals surface area (Å²) >= 11 is 51.1. The van der Waals surface area contributed by atoms with Gasteiger partial charge in [0.2, 0.25) is 0 Å². The fraction of sp³-hybridized carbons (Fsp3) is 0.500. The van der Waals surface area contributed by atoms with Crippen LogP contribution in [0.1, 0.15) is 20.8 Å². The van der Waals surface area contributed by atoms with Crippen molar-refractivity contribution in [1.29, 1.82) is 0 Å². The molecule has 3 aliphatic heterocycles. The number of nitrogens with zero attached hydrogens (tertiary/aromatic N) is 3. The van der Waals surface area contributed by atoms with Crippen LogP contribution in [0.25, 0.3) is 0 Å². The fourth-order valence-electron chi connectivity index (χ4n) is 5.84. The van der Waals surface area contributed by atoms with Gasteiger partial charge in [-0.05, 0) is 0 Å². The molecule has 0 atom stereocenters. The van der Waals surface area contributed by atoms with Crippen molar-refractivity contribution in [1.82, 2.24) is 13.3 Å². The van der Waals surface area contributed by atoms with Crippen LogP contribution < -0.4 is 18.1 Å². The Bertz CT molecular complexity index is 1760. The molecule has 1 fully saturated rings. The van der Waals surface area contributed by atoms with Crippen molar-refractivity contribution >= 4 is 116 Å². The summed E-state index contributed by atoms with van der Waals surface area (Å²) in [5.41, 5.74) is 0. The monoisotopic (exact) mass is 1010 g/mol. The van der Waals surface area contributed by atoms with Gasteiger partial charge in [-0.3, -0.25) is 0 Å². The van der Waals surface area contributed by atoms with Crippen molar-refractivity contribution in [2.24, 2.45) is 0 Å². The van der Waals surface area contributed by atoms with E-state index in [0.717, 1.165) is 8.88 Å². The van der Waals surface area contributed by atoms with E-state index < -0.39 is 145 Å². The normalized spacial score (nSPS) is 21.4. The minimum absolute atomic E-state index is 0.448. The molecule has 0 radical (unpaired) electrons. The van der Waals surface area contributed by atoms with Gasteiger partial charge in [-0.25, -0.2) is 0 Å². The van der Waals surface area contributed by atoms with E-state index in [4.69, 9.17) is 124 Å². The Balaban J connectivity index is 1.90. The fourth-order valence-corrected chi connectivity index (χ4v) is 25.0. The van der Waals surface area contributed by atoms with Crippen molar-refractivity contribution in [2.45, 2.75) is 39.3 Å². The van der Waals surface area contributed by atoms with Crippen molar-refractivity contribution < 1.29 is 71.2 Å². The zero-order valence-corrected chi connectivity index (χ0v) is 35.4. The summed E-state index contributed by atoms with van der Waals surface area (Å²) in [6.07, 6.45) is -15.5. The molecule has 2 spiro atoms. The van der Waals surface area contributed by atoms with Crippen molar-refractivity contribution in [3.8, 4) is 23.0 Å². The molecule has 308 valence electrons. The average molecular weight is 1010 g/mol. The number of rotatable bonds is 11. The molecule has 0 unspecified atom stereocenters. The number of hydrogen-bond acceptors (Lipinski definition) is 10. The number of fused-ring (bicyclic) bond motifs is 2. The van der Waals surface area contributed by atoms with Crippen molar-refractivity contribution in [3.05, 3.63) is 40.2 Å². The molecule has 0 aromatic heterocycles. The zero-order valence-electron chi connectivity index (χ0n) is 26.7. The molecule has 2 aromatic rings. The van der Waals surface area contributed by atoms with Crippen LogP contribution >= 0.6 is 116 Å². The standard InChI is InChI=1S/C24H21Cl8F9N3O7P3/c1-4-42(52(45-7-22(33,34)35)46-8-23(36,37)38)53(48-18-14(29)10(25)11(26)15(30)19(18)49-53)43(5-2)54(44(53)6-3,47-9-24(39,40)41)50-20-16(31)12(27)13(28)17(32)21(20)51-54/h4-9H2,1-3H3. The van der Waals surface area contributed by atoms with Crippen molar-refractivity contribution in [3.63, 3.8) is 0 Å². The first kappa shape index (κ1) is 45.5. The molecular formula is C24H21Cl8F9N3O7P3. The maximum absolute atomic E-state index is 14.2. The van der Waals surface area contributed by atoms with E-state index in [2.05, 4.69) is 0 Å². The van der Waals surface area contributed by atoms with Crippen LogP contribution in [0, 0.1) is 0 Å². The first-order chi connectivity index (χ1) is 24.7. The Labute approximate surface area is 341 Å². The molecule has 3 heterocycles. The second-order valence-electron chi connectivity index (χ2n) is 10.8. The Morgan fingerprint density at radius 3 is 1.13 bits per heavy atom. The van der Waals surface area contributed by atoms with E-state index in [1.54, 1.807) is 0 Å². The Morgan fingerprint density at radius 1 is 0.537 bits per heavy atom. The molecule has 54 heavy (non-hydrogen) atoms. The molecule has 10 nitrogen and oxygen atoms in total. The van der Waals surface area contributed by atoms with Gasteiger partial charge in [0, 0.05) is 0 Å². The summed E-state index contributed by atoms with van der Waals surface area (Å²) in [5.74, 6) is -2.43. The third-order valence-corrected chi connectivity index (χ3v) is 25.3. The number of benzene rings is 2. The van der Waals surface area contributed by atoms with Crippen LogP contribution in [0.2, 0.25) is 40.2 Å². The Kier molecular flexibility index (Phi) is 12.5. The molecule has 0 N–H and O–H groups in total. The van der Waals surface area contributed by atoms with Gasteiger partial charge in [0.25, 0.3) is 0 Å². The second kappa shape index (κ2) is 14.8. The topological polar surface area (TPSA) is 74.3 Å². The molecule has 0 aliphatic carbocycles. The summed E-state index contributed by atoms with van der Waals surface area (Å²) in [4.78, 5) is 0. The second-order valence-corrected chi connectivity index (χ2v) is 22.9. The van der Waals surface area contributed by atoms with E-state index in [1.807, 2.05) is 0 Å². The molecule has 0 bridgehead atoms. The van der Waals surface area contributed by atoms with Gasteiger partial charge < -0.3 is 0 Å². The van der Waals surface area contributed by atoms with Gasteiger partial charge in [-0.2, -0.15) is 0 Å². The van der Waals surface area contributed by atoms with Crippen LogP contribution in [-0.4, -0.2) is 71.3 Å². The molecule has 30 heteroatoms. The quantitative estimate of drug-likeness (QED) is 0.0940. The van der Waals surface area contributed by atoms with E-state index in [9.17, 15) is 39.5 Å². The van der Waals surface area contributed by atoms with E-state index in [0.29, 0.717) is 4.44 Å². The summed E-state index contributed by atoms with van der Waals surface area (Å²) in [5, 5.41) is -3.99. The third kappa shape index (κ3) is 6.82. The first-order valence-electron chi connectivity index (χ1n) is 14.5. The first-order valence-corrected chi connectivity index (χ1v) is 22.5. The third-order valence-electron chi connectivity index (χ3n) is 7.48. The van der Waals surface area contributed by atoms with Gasteiger partial charge in [0.05, 0.1) is 0 Å². The predicted octanol–water partition coefficient (Wildman–Crippen LogP) is 14.4. The van der Waals surface area contributed by atoms with Crippen LogP contribution in [0.15, 0.2) is 0 Å². The van der Waals surface area contributed by atoms with Gasteiger partial charge >= 0.3 is 343 Å². The zero-order chi connectivity index (χ0) is 40.8. The average Bonchev–Trinajstić information content (AvgIpc) is 3.63. The molecule has 0 amide bonds. The van der Waals surface area contributed by atoms with E-state index in [1.165, 1.54) is 20.8 Å². The summed E-state index contributed by atoms with van der Waals surface area (Å²) in [7, 11) is -16.0. The predicted molar refractivity (Wildman–Crippen MR) is 189 cm³/mol. The molecule has 1 saturated heterocycles. The summed E-state index contributed by atoms with van der Waals surface area (Å²) < 4.78 is 168. The summed E-state index contributed by atoms with van der Waals surface area (Å²) in [6, 6.07) is 0. The van der Waals surface area contributed by atoms with Crippen LogP contribution in [-0.2, 0) is 13.6 Å². The SMILES string of the molecule is CCN(P(OCC(F)(F)F)OCC(F)(F)F)P12(Oc3c(Cl)c(Cl)c(Cl)c(Cl)c3O1)N(CC)P1(OCC(F)(F)F)(Oc3c(Cl)c(Cl)c(Cl)c(Cl)c3O1)N2CC.